The minimum atomic E-state index is 0.725. The third kappa shape index (κ3) is 2.17. The fourth-order valence-corrected chi connectivity index (χ4v) is 3.08. The molecule has 1 unspecified atom stereocenters. The van der Waals surface area contributed by atoms with E-state index in [0.29, 0.717) is 0 Å². The molecule has 1 atom stereocenters. The van der Waals surface area contributed by atoms with E-state index in [1.54, 1.807) is 0 Å². The topological polar surface area (TPSA) is 16.1 Å². The van der Waals surface area contributed by atoms with Crippen LogP contribution in [0.2, 0.25) is 0 Å². The molecule has 3 heteroatoms. The van der Waals surface area contributed by atoms with Gasteiger partial charge >= 0.3 is 0 Å². The monoisotopic (exact) mass is 260 g/mol. The highest BCUT2D eigenvalue weighted by Crippen LogP contribution is 2.29. The molecule has 94 valence electrons. The number of pyridine rings is 1. The van der Waals surface area contributed by atoms with Gasteiger partial charge in [0.2, 0.25) is 0 Å². The SMILES string of the molecule is ClCCC1CCN(c2nccc3ccccc23)C1. The molecule has 3 rings (SSSR count). The molecule has 2 nitrogen and oxygen atoms in total. The van der Waals surface area contributed by atoms with Crippen molar-refractivity contribution in [3.63, 3.8) is 0 Å². The molecule has 0 bridgehead atoms. The lowest BCUT2D eigenvalue weighted by molar-refractivity contribution is 0.572. The maximum atomic E-state index is 5.84. The van der Waals surface area contributed by atoms with Crippen molar-refractivity contribution in [2.75, 3.05) is 23.9 Å². The summed E-state index contributed by atoms with van der Waals surface area (Å²) >= 11 is 5.84. The smallest absolute Gasteiger partial charge is 0.136 e. The van der Waals surface area contributed by atoms with Gasteiger partial charge in [-0.1, -0.05) is 24.3 Å². The third-order valence-corrected chi connectivity index (χ3v) is 3.97. The van der Waals surface area contributed by atoms with Crippen LogP contribution in [-0.2, 0) is 0 Å². The molecule has 1 aliphatic rings. The normalized spacial score (nSPS) is 19.6. The van der Waals surface area contributed by atoms with E-state index in [9.17, 15) is 0 Å². The van der Waals surface area contributed by atoms with Gasteiger partial charge in [-0.15, -0.1) is 11.6 Å². The van der Waals surface area contributed by atoms with Crippen LogP contribution in [0.5, 0.6) is 0 Å². The van der Waals surface area contributed by atoms with Gasteiger partial charge in [-0.2, -0.15) is 0 Å². The maximum Gasteiger partial charge on any atom is 0.136 e. The van der Waals surface area contributed by atoms with Crippen LogP contribution in [-0.4, -0.2) is 24.0 Å². The van der Waals surface area contributed by atoms with E-state index in [-0.39, 0.29) is 0 Å². The first-order chi connectivity index (χ1) is 8.88. The van der Waals surface area contributed by atoms with Gasteiger partial charge in [0.25, 0.3) is 0 Å². The maximum absolute atomic E-state index is 5.84. The Morgan fingerprint density at radius 3 is 3.06 bits per heavy atom. The van der Waals surface area contributed by atoms with Crippen molar-refractivity contribution >= 4 is 28.2 Å². The van der Waals surface area contributed by atoms with Crippen LogP contribution in [0.25, 0.3) is 10.8 Å². The van der Waals surface area contributed by atoms with Crippen molar-refractivity contribution in [3.8, 4) is 0 Å². The third-order valence-electron chi connectivity index (χ3n) is 3.76. The first-order valence-electron chi connectivity index (χ1n) is 6.53. The predicted molar refractivity (Wildman–Crippen MR) is 77.4 cm³/mol. The fourth-order valence-electron chi connectivity index (χ4n) is 2.77. The quantitative estimate of drug-likeness (QED) is 0.783. The first kappa shape index (κ1) is 11.8. The number of fused-ring (bicyclic) bond motifs is 1. The Bertz CT molecular complexity index is 536. The van der Waals surface area contributed by atoms with Gasteiger partial charge in [-0.05, 0) is 30.2 Å². The first-order valence-corrected chi connectivity index (χ1v) is 7.06. The van der Waals surface area contributed by atoms with Crippen LogP contribution in [0.1, 0.15) is 12.8 Å². The van der Waals surface area contributed by atoms with E-state index in [1.807, 2.05) is 6.20 Å². The summed E-state index contributed by atoms with van der Waals surface area (Å²) in [7, 11) is 0. The molecule has 0 spiro atoms. The molecule has 0 amide bonds. The Morgan fingerprint density at radius 2 is 2.17 bits per heavy atom. The summed E-state index contributed by atoms with van der Waals surface area (Å²) in [4.78, 5) is 6.98. The lowest BCUT2D eigenvalue weighted by Crippen LogP contribution is -2.21. The second kappa shape index (κ2) is 5.15. The van der Waals surface area contributed by atoms with Crippen LogP contribution in [0.4, 0.5) is 5.82 Å². The van der Waals surface area contributed by atoms with Crippen LogP contribution in [0.3, 0.4) is 0 Å². The van der Waals surface area contributed by atoms with Crippen LogP contribution >= 0.6 is 11.6 Å². The van der Waals surface area contributed by atoms with E-state index in [0.717, 1.165) is 37.1 Å². The van der Waals surface area contributed by atoms with E-state index in [2.05, 4.69) is 40.2 Å². The summed E-state index contributed by atoms with van der Waals surface area (Å²) in [5.41, 5.74) is 0. The number of hydrogen-bond acceptors (Lipinski definition) is 2. The summed E-state index contributed by atoms with van der Waals surface area (Å²) in [6.07, 6.45) is 4.26. The summed E-state index contributed by atoms with van der Waals surface area (Å²) < 4.78 is 0. The predicted octanol–water partition coefficient (Wildman–Crippen LogP) is 3.69. The Hall–Kier alpha value is -1.28. The fraction of sp³-hybridized carbons (Fsp3) is 0.400. The van der Waals surface area contributed by atoms with Crippen molar-refractivity contribution in [2.45, 2.75) is 12.8 Å². The van der Waals surface area contributed by atoms with Gasteiger partial charge in [0, 0.05) is 30.6 Å². The number of nitrogens with zero attached hydrogens (tertiary/aromatic N) is 2. The largest absolute Gasteiger partial charge is 0.356 e. The molecule has 0 aliphatic carbocycles. The highest BCUT2D eigenvalue weighted by Gasteiger charge is 2.23. The Kier molecular flexibility index (Phi) is 3.37. The number of halogens is 1. The molecule has 2 aromatic rings. The number of aromatic nitrogens is 1. The lowest BCUT2D eigenvalue weighted by atomic mass is 10.1. The van der Waals surface area contributed by atoms with Crippen LogP contribution < -0.4 is 4.90 Å². The number of alkyl halides is 1. The average Bonchev–Trinajstić information content (AvgIpc) is 2.87. The van der Waals surface area contributed by atoms with E-state index < -0.39 is 0 Å². The molecular weight excluding hydrogens is 244 g/mol. The van der Waals surface area contributed by atoms with Crippen LogP contribution in [0, 0.1) is 5.92 Å². The molecule has 0 N–H and O–H groups in total. The molecule has 0 radical (unpaired) electrons. The molecule has 18 heavy (non-hydrogen) atoms. The van der Waals surface area contributed by atoms with Gasteiger partial charge < -0.3 is 4.90 Å². The standard InChI is InChI=1S/C15H17ClN2/c16-8-5-12-7-10-18(11-12)15-14-4-2-1-3-13(14)6-9-17-15/h1-4,6,9,12H,5,7-8,10-11H2. The number of anilines is 1. The minimum absolute atomic E-state index is 0.725. The molecule has 2 heterocycles. The molecule has 0 saturated carbocycles. The number of rotatable bonds is 3. The van der Waals surface area contributed by atoms with Crippen LogP contribution in [0.15, 0.2) is 36.5 Å². The summed E-state index contributed by atoms with van der Waals surface area (Å²) in [5.74, 6) is 2.62. The summed E-state index contributed by atoms with van der Waals surface area (Å²) in [5, 5.41) is 2.52. The van der Waals surface area contributed by atoms with E-state index in [4.69, 9.17) is 11.6 Å². The van der Waals surface area contributed by atoms with Crippen molar-refractivity contribution in [1.29, 1.82) is 0 Å². The zero-order valence-electron chi connectivity index (χ0n) is 10.3. The van der Waals surface area contributed by atoms with Gasteiger partial charge in [0.1, 0.15) is 5.82 Å². The average molecular weight is 261 g/mol. The molecular formula is C15H17ClN2. The number of benzene rings is 1. The van der Waals surface area contributed by atoms with Gasteiger partial charge in [0.15, 0.2) is 0 Å². The van der Waals surface area contributed by atoms with Crippen molar-refractivity contribution in [2.24, 2.45) is 5.92 Å². The second-order valence-electron chi connectivity index (χ2n) is 4.93. The Labute approximate surface area is 113 Å². The molecule has 1 aromatic carbocycles. The Balaban J connectivity index is 1.91. The zero-order chi connectivity index (χ0) is 12.4. The zero-order valence-corrected chi connectivity index (χ0v) is 11.1. The minimum Gasteiger partial charge on any atom is -0.356 e. The molecule has 1 aromatic heterocycles. The molecule has 1 aliphatic heterocycles. The molecule has 1 fully saturated rings. The molecule has 1 saturated heterocycles. The number of hydrogen-bond donors (Lipinski definition) is 0. The van der Waals surface area contributed by atoms with Gasteiger partial charge in [-0.25, -0.2) is 4.98 Å². The van der Waals surface area contributed by atoms with Gasteiger partial charge in [0.05, 0.1) is 0 Å². The van der Waals surface area contributed by atoms with Gasteiger partial charge in [-0.3, -0.25) is 0 Å². The highest BCUT2D eigenvalue weighted by atomic mass is 35.5. The van der Waals surface area contributed by atoms with Crippen molar-refractivity contribution < 1.29 is 0 Å². The van der Waals surface area contributed by atoms with E-state index in [1.165, 1.54) is 17.2 Å². The van der Waals surface area contributed by atoms with Crippen molar-refractivity contribution in [1.82, 2.24) is 4.98 Å². The second-order valence-corrected chi connectivity index (χ2v) is 5.31. The van der Waals surface area contributed by atoms with E-state index >= 15 is 0 Å². The lowest BCUT2D eigenvalue weighted by Gasteiger charge is -2.19. The highest BCUT2D eigenvalue weighted by molar-refractivity contribution is 6.17. The Morgan fingerprint density at radius 1 is 1.28 bits per heavy atom. The van der Waals surface area contributed by atoms with Crippen molar-refractivity contribution in [3.05, 3.63) is 36.5 Å². The summed E-state index contributed by atoms with van der Waals surface area (Å²) in [6, 6.07) is 10.5. The summed E-state index contributed by atoms with van der Waals surface area (Å²) in [6.45, 7) is 2.19.